The highest BCUT2D eigenvalue weighted by Crippen LogP contribution is 2.18. The first-order valence-corrected chi connectivity index (χ1v) is 10.3. The molecule has 1 heterocycles. The molecule has 2 aromatic rings. The summed E-state index contributed by atoms with van der Waals surface area (Å²) >= 11 is 1.42. The Kier molecular flexibility index (Phi) is 6.71. The van der Waals surface area contributed by atoms with Crippen LogP contribution in [0.5, 0.6) is 0 Å². The molecule has 0 bridgehead atoms. The van der Waals surface area contributed by atoms with Gasteiger partial charge in [0, 0.05) is 30.1 Å². The van der Waals surface area contributed by atoms with Gasteiger partial charge in [0.1, 0.15) is 6.10 Å². The van der Waals surface area contributed by atoms with Crippen LogP contribution in [0, 0.1) is 0 Å². The summed E-state index contributed by atoms with van der Waals surface area (Å²) in [5.41, 5.74) is 0.344. The third-order valence-corrected chi connectivity index (χ3v) is 6.82. The number of hydrogen-bond acceptors (Lipinski definition) is 5. The Morgan fingerprint density at radius 2 is 1.84 bits per heavy atom. The molecule has 1 aromatic carbocycles. The second kappa shape index (κ2) is 8.57. The summed E-state index contributed by atoms with van der Waals surface area (Å²) in [6.45, 7) is 4.44. The lowest BCUT2D eigenvalue weighted by atomic mass is 10.2. The number of aliphatic hydroxyl groups excluding tert-OH is 1. The number of carbonyl (C=O) groups excluding carboxylic acids is 1. The highest BCUT2D eigenvalue weighted by atomic mass is 32.2. The van der Waals surface area contributed by atoms with Crippen molar-refractivity contribution in [2.45, 2.75) is 24.8 Å². The van der Waals surface area contributed by atoms with Gasteiger partial charge in [0.25, 0.3) is 5.91 Å². The van der Waals surface area contributed by atoms with Gasteiger partial charge in [0.15, 0.2) is 0 Å². The molecular weight excluding hydrogens is 360 g/mol. The Labute approximate surface area is 152 Å². The minimum absolute atomic E-state index is 0.0961. The molecule has 6 nitrogen and oxygen atoms in total. The average molecular weight is 383 g/mol. The fourth-order valence-electron chi connectivity index (χ4n) is 2.36. The molecule has 8 heteroatoms. The normalized spacial score (nSPS) is 13.0. The van der Waals surface area contributed by atoms with Crippen molar-refractivity contribution in [1.82, 2.24) is 9.62 Å². The molecule has 2 rings (SSSR count). The van der Waals surface area contributed by atoms with Crippen molar-refractivity contribution in [3.8, 4) is 0 Å². The standard InChI is InChI=1S/C17H22N2O4S2/c1-3-19(4-2)25(22,23)14-9-7-13(8-10-14)17(21)18-12-15(20)16-6-5-11-24-16/h5-11,15,20H,3-4,12H2,1-2H3,(H,18,21). The summed E-state index contributed by atoms with van der Waals surface area (Å²) in [7, 11) is -3.54. The molecule has 0 spiro atoms. The number of benzene rings is 1. The van der Waals surface area contributed by atoms with E-state index in [0.29, 0.717) is 18.7 Å². The third-order valence-electron chi connectivity index (χ3n) is 3.79. The molecule has 0 aliphatic carbocycles. The average Bonchev–Trinajstić information content (AvgIpc) is 3.15. The molecule has 1 amide bonds. The Hall–Kier alpha value is -1.74. The number of amides is 1. The van der Waals surface area contributed by atoms with Crippen molar-refractivity contribution in [2.75, 3.05) is 19.6 Å². The second-order valence-corrected chi connectivity index (χ2v) is 8.27. The topological polar surface area (TPSA) is 86.7 Å². The zero-order chi connectivity index (χ0) is 18.4. The second-order valence-electron chi connectivity index (χ2n) is 5.35. The molecule has 1 unspecified atom stereocenters. The van der Waals surface area contributed by atoms with Crippen LogP contribution >= 0.6 is 11.3 Å². The Morgan fingerprint density at radius 1 is 1.20 bits per heavy atom. The van der Waals surface area contributed by atoms with E-state index in [1.807, 2.05) is 11.4 Å². The summed E-state index contributed by atoms with van der Waals surface area (Å²) in [5.74, 6) is -0.359. The first-order chi connectivity index (χ1) is 11.9. The lowest BCUT2D eigenvalue weighted by Gasteiger charge is -2.18. The van der Waals surface area contributed by atoms with E-state index in [-0.39, 0.29) is 17.3 Å². The first-order valence-electron chi connectivity index (χ1n) is 8.00. The van der Waals surface area contributed by atoms with Gasteiger partial charge in [-0.1, -0.05) is 19.9 Å². The molecule has 25 heavy (non-hydrogen) atoms. The maximum Gasteiger partial charge on any atom is 0.251 e. The van der Waals surface area contributed by atoms with Crippen molar-refractivity contribution in [1.29, 1.82) is 0 Å². The zero-order valence-corrected chi connectivity index (χ0v) is 15.8. The van der Waals surface area contributed by atoms with E-state index in [1.165, 1.54) is 39.9 Å². The SMILES string of the molecule is CCN(CC)S(=O)(=O)c1ccc(C(=O)NCC(O)c2cccs2)cc1. The molecule has 2 N–H and O–H groups in total. The predicted molar refractivity (Wildman–Crippen MR) is 98.2 cm³/mol. The summed E-state index contributed by atoms with van der Waals surface area (Å²) in [4.78, 5) is 13.1. The van der Waals surface area contributed by atoms with Gasteiger partial charge in [-0.3, -0.25) is 4.79 Å². The van der Waals surface area contributed by atoms with Crippen molar-refractivity contribution < 1.29 is 18.3 Å². The molecule has 0 radical (unpaired) electrons. The van der Waals surface area contributed by atoms with Crippen LogP contribution in [0.2, 0.25) is 0 Å². The van der Waals surface area contributed by atoms with Crippen molar-refractivity contribution in [2.24, 2.45) is 0 Å². The lowest BCUT2D eigenvalue weighted by molar-refractivity contribution is 0.0918. The first kappa shape index (κ1) is 19.6. The van der Waals surface area contributed by atoms with Crippen molar-refractivity contribution in [3.63, 3.8) is 0 Å². The monoisotopic (exact) mass is 382 g/mol. The number of nitrogens with zero attached hydrogens (tertiary/aromatic N) is 1. The number of sulfonamides is 1. The summed E-state index contributed by atoms with van der Waals surface area (Å²) in [6.07, 6.45) is -0.758. The number of thiophene rings is 1. The van der Waals surface area contributed by atoms with Crippen LogP contribution in [-0.4, -0.2) is 43.4 Å². The van der Waals surface area contributed by atoms with Crippen LogP contribution in [0.3, 0.4) is 0 Å². The summed E-state index contributed by atoms with van der Waals surface area (Å²) < 4.78 is 26.2. The van der Waals surface area contributed by atoms with Gasteiger partial charge in [-0.05, 0) is 35.7 Å². The maximum absolute atomic E-state index is 12.4. The molecule has 0 fully saturated rings. The fourth-order valence-corrected chi connectivity index (χ4v) is 4.53. The van der Waals surface area contributed by atoms with Gasteiger partial charge in [-0.25, -0.2) is 8.42 Å². The van der Waals surface area contributed by atoms with Crippen molar-refractivity contribution in [3.05, 3.63) is 52.2 Å². The molecule has 0 saturated heterocycles. The van der Waals surface area contributed by atoms with E-state index >= 15 is 0 Å². The van der Waals surface area contributed by atoms with Gasteiger partial charge in [-0.15, -0.1) is 11.3 Å². The van der Waals surface area contributed by atoms with E-state index in [9.17, 15) is 18.3 Å². The van der Waals surface area contributed by atoms with Crippen LogP contribution in [0.15, 0.2) is 46.7 Å². The van der Waals surface area contributed by atoms with E-state index < -0.39 is 16.1 Å². The lowest BCUT2D eigenvalue weighted by Crippen LogP contribution is -2.31. The highest BCUT2D eigenvalue weighted by molar-refractivity contribution is 7.89. The van der Waals surface area contributed by atoms with Crippen LogP contribution in [0.1, 0.15) is 35.2 Å². The van der Waals surface area contributed by atoms with Gasteiger partial charge in [0.05, 0.1) is 4.90 Å². The number of aliphatic hydroxyl groups is 1. The van der Waals surface area contributed by atoms with Crippen LogP contribution in [0.25, 0.3) is 0 Å². The number of nitrogens with one attached hydrogen (secondary N) is 1. The predicted octanol–water partition coefficient (Wildman–Crippen LogP) is 2.24. The van der Waals surface area contributed by atoms with Crippen LogP contribution < -0.4 is 5.32 Å². The Morgan fingerprint density at radius 3 is 2.36 bits per heavy atom. The van der Waals surface area contributed by atoms with Gasteiger partial charge in [0.2, 0.25) is 10.0 Å². The van der Waals surface area contributed by atoms with Gasteiger partial charge in [-0.2, -0.15) is 4.31 Å². The molecule has 136 valence electrons. The molecule has 0 saturated carbocycles. The maximum atomic E-state index is 12.4. The Balaban J connectivity index is 2.03. The fraction of sp³-hybridized carbons (Fsp3) is 0.353. The van der Waals surface area contributed by atoms with E-state index in [2.05, 4.69) is 5.32 Å². The molecular formula is C17H22N2O4S2. The van der Waals surface area contributed by atoms with E-state index in [0.717, 1.165) is 4.88 Å². The molecule has 0 aliphatic rings. The largest absolute Gasteiger partial charge is 0.386 e. The minimum atomic E-state index is -3.54. The van der Waals surface area contributed by atoms with Crippen LogP contribution in [-0.2, 0) is 10.0 Å². The molecule has 1 aromatic heterocycles. The summed E-state index contributed by atoms with van der Waals surface area (Å²) in [6, 6.07) is 9.44. The van der Waals surface area contributed by atoms with E-state index in [1.54, 1.807) is 19.9 Å². The van der Waals surface area contributed by atoms with Gasteiger partial charge >= 0.3 is 0 Å². The number of hydrogen-bond donors (Lipinski definition) is 2. The van der Waals surface area contributed by atoms with Crippen molar-refractivity contribution >= 4 is 27.3 Å². The number of rotatable bonds is 8. The van der Waals surface area contributed by atoms with Crippen LogP contribution in [0.4, 0.5) is 0 Å². The minimum Gasteiger partial charge on any atom is -0.386 e. The summed E-state index contributed by atoms with van der Waals surface area (Å²) in [5, 5.41) is 14.5. The van der Waals surface area contributed by atoms with E-state index in [4.69, 9.17) is 0 Å². The third kappa shape index (κ3) is 4.66. The molecule has 1 atom stereocenters. The number of carbonyl (C=O) groups is 1. The quantitative estimate of drug-likeness (QED) is 0.733. The smallest absolute Gasteiger partial charge is 0.251 e. The van der Waals surface area contributed by atoms with Gasteiger partial charge < -0.3 is 10.4 Å². The molecule has 0 aliphatic heterocycles. The highest BCUT2D eigenvalue weighted by Gasteiger charge is 2.21. The zero-order valence-electron chi connectivity index (χ0n) is 14.2. The Bertz CT molecular complexity index is 783.